The first kappa shape index (κ1) is 113. The summed E-state index contributed by atoms with van der Waals surface area (Å²) >= 11 is 5.73. The fraction of sp³-hybridized carbons (Fsp3) is 0.368. The minimum atomic E-state index is -0.903. The number of aryl methyl sites for hydroxylation is 2. The third-order valence-electron chi connectivity index (χ3n) is 21.9. The molecule has 0 spiro atoms. The molecule has 11 aromatic rings. The highest BCUT2D eigenvalue weighted by molar-refractivity contribution is 6.33. The zero-order valence-corrected chi connectivity index (χ0v) is 84.5. The highest BCUT2D eigenvalue weighted by atomic mass is 35.5. The van der Waals surface area contributed by atoms with Crippen molar-refractivity contribution in [3.63, 3.8) is 0 Å². The summed E-state index contributed by atoms with van der Waals surface area (Å²) < 4.78 is 99.3. The first-order valence-electron chi connectivity index (χ1n) is 45.8. The minimum absolute atomic E-state index is 0.0379. The number of fused-ring (bicyclic) bond motifs is 6. The molecule has 5 heterocycles. The lowest BCUT2D eigenvalue weighted by atomic mass is 9.80. The summed E-state index contributed by atoms with van der Waals surface area (Å²) in [4.78, 5) is 10.4. The van der Waals surface area contributed by atoms with Gasteiger partial charge in [0.25, 0.3) is 0 Å². The van der Waals surface area contributed by atoms with Crippen LogP contribution in [0.15, 0.2) is 170 Å². The van der Waals surface area contributed by atoms with Gasteiger partial charge >= 0.3 is 5.97 Å². The fourth-order valence-electron chi connectivity index (χ4n) is 14.4. The number of hydrogen-bond donors (Lipinski definition) is 14. The van der Waals surface area contributed by atoms with Crippen LogP contribution in [0.4, 0.5) is 62.6 Å². The van der Waals surface area contributed by atoms with Gasteiger partial charge in [-0.05, 0) is 218 Å². The van der Waals surface area contributed by atoms with Crippen molar-refractivity contribution in [2.75, 3.05) is 180 Å². The minimum Gasteiger partial charge on any atom is -0.497 e. The van der Waals surface area contributed by atoms with Gasteiger partial charge in [-0.2, -0.15) is 0 Å². The van der Waals surface area contributed by atoms with Gasteiger partial charge in [0.2, 0.25) is 19.3 Å². The molecule has 0 saturated carbocycles. The van der Waals surface area contributed by atoms with E-state index < -0.39 is 5.97 Å². The Kier molecular flexibility index (Phi) is 45.1. The normalized spacial score (nSPS) is 13.7. The maximum absolute atomic E-state index is 10.4. The quantitative estimate of drug-likeness (QED) is 0.0334. The van der Waals surface area contributed by atoms with E-state index in [9.17, 15) is 4.79 Å². The number of benzene rings is 11. The largest absolute Gasteiger partial charge is 0.497 e. The number of nitrogens with two attached hydrogens (primary N) is 11. The molecule has 0 radical (unpaired) electrons. The molecule has 1 aliphatic carbocycles. The maximum Gasteiger partial charge on any atom is 0.307 e. The molecule has 34 nitrogen and oxygen atoms in total. The number of ether oxygens (including phenoxy) is 19. The summed E-state index contributed by atoms with van der Waals surface area (Å²) in [6.07, 6.45) is 8.13. The predicted octanol–water partition coefficient (Wildman–Crippen LogP) is 17.6. The number of halogens is 1. The molecule has 766 valence electrons. The van der Waals surface area contributed by atoms with Crippen LogP contribution in [0.3, 0.4) is 0 Å². The molecular weight excluding hydrogens is 1830 g/mol. The Hall–Kier alpha value is -14.9. The Bertz CT molecular complexity index is 5750. The van der Waals surface area contributed by atoms with Gasteiger partial charge in [-0.3, -0.25) is 4.79 Å². The van der Waals surface area contributed by atoms with Gasteiger partial charge in [-0.1, -0.05) is 66.5 Å². The monoisotopic (exact) mass is 1970 g/mol. The van der Waals surface area contributed by atoms with E-state index in [2.05, 4.69) is 48.5 Å². The lowest BCUT2D eigenvalue weighted by molar-refractivity contribution is -0.136. The molecule has 0 amide bonds. The SMILES string of the molecule is CC1(C)CCOc2ccc(N)cc21.CCCc1cc2c(cc1N)OCO2.CCOc1ccc(N)cc1OCC.CCc1cc(OC)c(OC)cc1N.COc1cc(N)cc(OC)c1OC.COc1ccc(N)c(C(C)(C)C)c1.COc1ccc(N)c(CC(=O)O)c1.COc1ccc(N)c2c1CCCC2.Nc1cc2c(cc1Cl)OCO2.Nc1ccc2c(c1)OC(CO)CO2.Nc1ccc2c(c1)OCC(CO)O2. The molecular formula is C106H142ClN11O23. The zero-order valence-electron chi connectivity index (χ0n) is 83.8. The Morgan fingerprint density at radius 1 is 0.404 bits per heavy atom. The van der Waals surface area contributed by atoms with Gasteiger partial charge in [0.15, 0.2) is 92.7 Å². The molecule has 11 aromatic carbocycles. The Morgan fingerprint density at radius 3 is 1.43 bits per heavy atom. The molecule has 0 bridgehead atoms. The first-order chi connectivity index (χ1) is 67.4. The first-order valence-corrected chi connectivity index (χ1v) is 46.2. The number of carboxylic acid groups (broad SMARTS) is 1. The lowest BCUT2D eigenvalue weighted by Crippen LogP contribution is -2.32. The molecule has 0 aromatic heterocycles. The second kappa shape index (κ2) is 56.2. The van der Waals surface area contributed by atoms with Gasteiger partial charge < -0.3 is 168 Å². The van der Waals surface area contributed by atoms with Crippen LogP contribution in [0.1, 0.15) is 127 Å². The van der Waals surface area contributed by atoms with Gasteiger partial charge in [-0.15, -0.1) is 0 Å². The Morgan fingerprint density at radius 2 is 0.872 bits per heavy atom. The van der Waals surface area contributed by atoms with E-state index in [0.29, 0.717) is 147 Å². The third-order valence-corrected chi connectivity index (χ3v) is 22.3. The lowest BCUT2D eigenvalue weighted by Gasteiger charge is -2.32. The number of methoxy groups -OCH3 is 8. The number of carboxylic acids is 1. The van der Waals surface area contributed by atoms with Crippen LogP contribution in [0, 0.1) is 0 Å². The number of aliphatic hydroxyl groups is 2. The van der Waals surface area contributed by atoms with Crippen molar-refractivity contribution >= 4 is 80.1 Å². The van der Waals surface area contributed by atoms with Crippen molar-refractivity contribution in [2.45, 2.75) is 143 Å². The molecule has 141 heavy (non-hydrogen) atoms. The number of aliphatic carboxylic acids is 1. The highest BCUT2D eigenvalue weighted by Crippen LogP contribution is 2.44. The number of carbonyl (C=O) groups is 1. The number of nitrogen functional groups attached to an aromatic ring is 11. The second-order valence-corrected chi connectivity index (χ2v) is 34.1. The van der Waals surface area contributed by atoms with Crippen LogP contribution in [-0.2, 0) is 47.7 Å². The summed E-state index contributed by atoms with van der Waals surface area (Å²) in [5.41, 5.74) is 78.4. The summed E-state index contributed by atoms with van der Waals surface area (Å²) in [6.45, 7) is 22.2. The van der Waals surface area contributed by atoms with Gasteiger partial charge in [0, 0.05) is 117 Å². The van der Waals surface area contributed by atoms with Crippen LogP contribution >= 0.6 is 11.6 Å². The van der Waals surface area contributed by atoms with Gasteiger partial charge in [-0.25, -0.2) is 0 Å². The van der Waals surface area contributed by atoms with E-state index in [0.717, 1.165) is 131 Å². The molecule has 6 aliphatic rings. The molecule has 2 atom stereocenters. The number of rotatable bonds is 19. The summed E-state index contributed by atoms with van der Waals surface area (Å²) in [6, 6.07) is 50.5. The summed E-state index contributed by atoms with van der Waals surface area (Å²) in [7, 11) is 12.8. The van der Waals surface area contributed by atoms with E-state index in [1.54, 1.807) is 147 Å². The van der Waals surface area contributed by atoms with Crippen molar-refractivity contribution in [1.82, 2.24) is 0 Å². The van der Waals surface area contributed by atoms with Crippen LogP contribution in [-0.4, -0.2) is 150 Å². The van der Waals surface area contributed by atoms with Crippen molar-refractivity contribution < 1.29 is 110 Å². The Labute approximate surface area is 831 Å². The molecule has 35 heteroatoms. The Balaban J connectivity index is 0.000000211. The van der Waals surface area contributed by atoms with Gasteiger partial charge in [0.1, 0.15) is 36.2 Å². The number of anilines is 11. The number of hydrogen-bond acceptors (Lipinski definition) is 33. The fourth-order valence-corrected chi connectivity index (χ4v) is 14.6. The van der Waals surface area contributed by atoms with Crippen molar-refractivity contribution in [1.29, 1.82) is 0 Å². The van der Waals surface area contributed by atoms with Crippen molar-refractivity contribution in [3.05, 3.63) is 214 Å². The van der Waals surface area contributed by atoms with E-state index in [1.165, 1.54) is 36.6 Å². The third kappa shape index (κ3) is 34.3. The van der Waals surface area contributed by atoms with Crippen LogP contribution in [0.25, 0.3) is 0 Å². The molecule has 2 unspecified atom stereocenters. The van der Waals surface area contributed by atoms with Crippen LogP contribution < -0.4 is 153 Å². The molecule has 0 fully saturated rings. The zero-order chi connectivity index (χ0) is 104. The summed E-state index contributed by atoms with van der Waals surface area (Å²) in [5, 5.41) is 26.7. The molecule has 0 saturated heterocycles. The van der Waals surface area contributed by atoms with Crippen LogP contribution in [0.2, 0.25) is 5.02 Å². The maximum atomic E-state index is 10.4. The molecule has 25 N–H and O–H groups in total. The second-order valence-electron chi connectivity index (χ2n) is 33.6. The highest BCUT2D eigenvalue weighted by Gasteiger charge is 2.30. The van der Waals surface area contributed by atoms with Crippen LogP contribution in [0.5, 0.6) is 109 Å². The topological polar surface area (TPSA) is 539 Å². The van der Waals surface area contributed by atoms with E-state index in [1.807, 2.05) is 86.6 Å². The average molecular weight is 1970 g/mol. The van der Waals surface area contributed by atoms with Crippen molar-refractivity contribution in [3.8, 4) is 109 Å². The number of aliphatic hydroxyl groups excluding tert-OH is 2. The van der Waals surface area contributed by atoms with E-state index in [-0.39, 0.29) is 49.5 Å². The molecule has 17 rings (SSSR count). The smallest absolute Gasteiger partial charge is 0.307 e. The average Bonchev–Trinajstić information content (AvgIpc) is 1.55. The van der Waals surface area contributed by atoms with Crippen molar-refractivity contribution in [2.24, 2.45) is 0 Å². The standard InChI is InChI=1S/2C11H15NO.C11H17NO.C10H13NO2.2C10H15NO2.2C9H11NO3.C9H13NO3.C9H11NO3.C7H6ClNO2/c1-11(2)5-6-13-10-4-3-8(12)7-9(10)11;1-13-11-7-6-10(12)8-4-2-3-5-9(8)11;1-11(2,3)9-7-8(13-4)5-6-10(9)12;1-2-3-7-4-9-10(5-8(7)11)13-6-12-9;1-4-7-5-9(12-2)10(13-3)6-8(7)11;1-3-12-9-6-5-8(11)7-10(9)13-4-2;10-6-1-2-8-9(3-6)12-5-7(4-11)13-8;10-6-1-2-8-9(3-6)13-7(4-11)5-12-8;1-11-7-4-6(10)5-8(12-2)9(7)13-3;1-13-7-2-3-8(10)6(4-7)5-9(11)12;8-4-1-6-7(2-5(4)9)11-3-10-6/h3-4,7H,5-6,12H2,1-2H3;6-7H,2-5,12H2,1H3;5-7H,12H2,1-4H3;4-5H,2-3,6,11H2,1H3;5-6H,4,11H2,1-3H3;5-7H,3-4,11H2,1-2H3;2*1-3,7,11H,4-5,10H2;4-5H,10H2,1-3H3;2-4H,5,10H2,1H3,(H,11,12);1-2H,3,9H2. The summed E-state index contributed by atoms with van der Waals surface area (Å²) in [5.74, 6) is 12.6. The van der Waals surface area contributed by atoms with E-state index in [4.69, 9.17) is 180 Å². The van der Waals surface area contributed by atoms with Gasteiger partial charge in [0.05, 0.1) is 107 Å². The van der Waals surface area contributed by atoms with E-state index >= 15 is 0 Å². The predicted molar refractivity (Wildman–Crippen MR) is 559 cm³/mol. The molecule has 5 aliphatic heterocycles.